The molecule has 0 bridgehead atoms. The Morgan fingerprint density at radius 2 is 2.17 bits per heavy atom. The fraction of sp³-hybridized carbons (Fsp3) is 0.579. The summed E-state index contributed by atoms with van der Waals surface area (Å²) in [4.78, 5) is 0. The van der Waals surface area contributed by atoms with Crippen LogP contribution in [0.1, 0.15) is 29.5 Å². The predicted molar refractivity (Wildman–Crippen MR) is 98.2 cm³/mol. The molecule has 126 valence electrons. The third-order valence-electron chi connectivity index (χ3n) is 5.83. The van der Waals surface area contributed by atoms with Gasteiger partial charge in [-0.3, -0.25) is 0 Å². The Kier molecular flexibility index (Phi) is 3.30. The van der Waals surface area contributed by atoms with Crippen molar-refractivity contribution in [2.75, 3.05) is 25.4 Å². The van der Waals surface area contributed by atoms with E-state index in [1.807, 2.05) is 0 Å². The van der Waals surface area contributed by atoms with E-state index in [4.69, 9.17) is 15.2 Å². The molecule has 2 aliphatic heterocycles. The van der Waals surface area contributed by atoms with Gasteiger partial charge in [0.05, 0.1) is 12.5 Å². The molecule has 0 amide bonds. The Morgan fingerprint density at radius 3 is 2.91 bits per heavy atom. The van der Waals surface area contributed by atoms with Crippen LogP contribution < -0.4 is 15.2 Å². The van der Waals surface area contributed by atoms with E-state index in [2.05, 4.69) is 37.7 Å². The summed E-state index contributed by atoms with van der Waals surface area (Å²) in [6, 6.07) is 2.25. The zero-order chi connectivity index (χ0) is 16.4. The summed E-state index contributed by atoms with van der Waals surface area (Å²) >= 11 is 0. The average molecular weight is 333 g/mol. The van der Waals surface area contributed by atoms with Crippen LogP contribution >= 0.6 is 10.0 Å². The number of benzene rings is 1. The minimum atomic E-state index is -0.621. The second-order valence-corrected chi connectivity index (χ2v) is 12.1. The van der Waals surface area contributed by atoms with Crippen LogP contribution in [0.25, 0.3) is 0 Å². The first-order valence-electron chi connectivity index (χ1n) is 8.37. The molecular weight excluding hydrogens is 306 g/mol. The van der Waals surface area contributed by atoms with E-state index in [0.717, 1.165) is 24.3 Å². The Bertz CT molecular complexity index is 697. The maximum atomic E-state index is 6.45. The lowest BCUT2D eigenvalue weighted by molar-refractivity contribution is 0.144. The number of ether oxygens (including phenoxy) is 2. The fourth-order valence-corrected chi connectivity index (χ4v) is 6.70. The predicted octanol–water partition coefficient (Wildman–Crippen LogP) is 3.26. The van der Waals surface area contributed by atoms with Crippen LogP contribution in [-0.2, 0) is 11.2 Å². The topological polar surface area (TPSA) is 44.5 Å². The first-order chi connectivity index (χ1) is 10.9. The van der Waals surface area contributed by atoms with Crippen molar-refractivity contribution in [1.82, 2.24) is 0 Å². The maximum absolute atomic E-state index is 6.45. The molecule has 1 aromatic rings. The molecule has 0 radical (unpaired) electrons. The summed E-state index contributed by atoms with van der Waals surface area (Å²) < 4.78 is 12.1. The van der Waals surface area contributed by atoms with E-state index in [-0.39, 0.29) is 17.6 Å². The number of nitrogens with two attached hydrogens (primary N) is 1. The minimum Gasteiger partial charge on any atom is -0.493 e. The highest BCUT2D eigenvalue weighted by Crippen LogP contribution is 2.61. The number of methoxy groups -OCH3 is 1. The van der Waals surface area contributed by atoms with Gasteiger partial charge in [-0.1, -0.05) is 12.2 Å². The van der Waals surface area contributed by atoms with Crippen LogP contribution in [0, 0.1) is 6.92 Å². The molecular formula is C19H27NO2S. The quantitative estimate of drug-likeness (QED) is 0.802. The van der Waals surface area contributed by atoms with E-state index < -0.39 is 10.0 Å². The zero-order valence-electron chi connectivity index (χ0n) is 14.5. The molecule has 0 aromatic heterocycles. The van der Waals surface area contributed by atoms with Gasteiger partial charge in [0.25, 0.3) is 0 Å². The second kappa shape index (κ2) is 4.93. The second-order valence-electron chi connectivity index (χ2n) is 7.85. The van der Waals surface area contributed by atoms with Crippen molar-refractivity contribution < 1.29 is 9.47 Å². The van der Waals surface area contributed by atoms with Crippen molar-refractivity contribution in [1.29, 1.82) is 0 Å². The third kappa shape index (κ3) is 2.14. The highest BCUT2D eigenvalue weighted by atomic mass is 32.3. The highest BCUT2D eigenvalue weighted by Gasteiger charge is 2.53. The van der Waals surface area contributed by atoms with Gasteiger partial charge in [0.1, 0.15) is 6.10 Å². The molecule has 1 aromatic carbocycles. The van der Waals surface area contributed by atoms with Gasteiger partial charge in [0.2, 0.25) is 0 Å². The lowest BCUT2D eigenvalue weighted by Crippen LogP contribution is -2.44. The van der Waals surface area contributed by atoms with E-state index in [1.165, 1.54) is 28.2 Å². The monoisotopic (exact) mass is 333 g/mol. The molecule has 2 heterocycles. The molecule has 0 saturated heterocycles. The van der Waals surface area contributed by atoms with Gasteiger partial charge in [-0.15, -0.1) is 0 Å². The van der Waals surface area contributed by atoms with Crippen LogP contribution in [-0.4, -0.2) is 37.5 Å². The fourth-order valence-electron chi connectivity index (χ4n) is 4.51. The van der Waals surface area contributed by atoms with E-state index >= 15 is 0 Å². The molecule has 1 spiro atoms. The molecule has 3 unspecified atom stereocenters. The third-order valence-corrected chi connectivity index (χ3v) is 8.21. The van der Waals surface area contributed by atoms with E-state index in [0.29, 0.717) is 0 Å². The number of aryl methyl sites for hydroxylation is 1. The van der Waals surface area contributed by atoms with Crippen LogP contribution in [0.4, 0.5) is 0 Å². The SMILES string of the molecule is COc1cc(C)c2c3c1OC1CC(N)C=CC31CCS(C)(C)C2. The van der Waals surface area contributed by atoms with Crippen molar-refractivity contribution in [3.8, 4) is 11.5 Å². The van der Waals surface area contributed by atoms with Gasteiger partial charge in [-0.2, -0.15) is 0 Å². The van der Waals surface area contributed by atoms with Crippen molar-refractivity contribution in [3.63, 3.8) is 0 Å². The summed E-state index contributed by atoms with van der Waals surface area (Å²) in [5, 5.41) is 0. The standard InChI is InChI=1S/C19H27NO2S/c1-12-9-15(21-2)18-17-14(12)11-23(3,4)8-7-19(17)6-5-13(20)10-16(19)22-18/h5-6,9,13,16H,7-8,10-11,20H2,1-4H3. The largest absolute Gasteiger partial charge is 0.493 e. The smallest absolute Gasteiger partial charge is 0.166 e. The number of rotatable bonds is 1. The van der Waals surface area contributed by atoms with Gasteiger partial charge in [-0.25, -0.2) is 10.0 Å². The average Bonchev–Trinajstić information content (AvgIpc) is 2.76. The van der Waals surface area contributed by atoms with Crippen molar-refractivity contribution in [2.24, 2.45) is 5.73 Å². The van der Waals surface area contributed by atoms with E-state index in [9.17, 15) is 0 Å². The molecule has 0 saturated carbocycles. The van der Waals surface area contributed by atoms with Gasteiger partial charge in [0, 0.05) is 23.8 Å². The number of hydrogen-bond acceptors (Lipinski definition) is 3. The lowest BCUT2D eigenvalue weighted by Gasteiger charge is -2.37. The van der Waals surface area contributed by atoms with Crippen molar-refractivity contribution in [3.05, 3.63) is 34.9 Å². The summed E-state index contributed by atoms with van der Waals surface area (Å²) in [5.41, 5.74) is 10.4. The van der Waals surface area contributed by atoms with Crippen LogP contribution in [0.3, 0.4) is 0 Å². The molecule has 3 nitrogen and oxygen atoms in total. The van der Waals surface area contributed by atoms with Gasteiger partial charge < -0.3 is 15.2 Å². The van der Waals surface area contributed by atoms with Crippen LogP contribution in [0.15, 0.2) is 18.2 Å². The van der Waals surface area contributed by atoms with Crippen LogP contribution in [0.2, 0.25) is 0 Å². The van der Waals surface area contributed by atoms with Crippen molar-refractivity contribution >= 4 is 10.0 Å². The van der Waals surface area contributed by atoms with Gasteiger partial charge in [0.15, 0.2) is 11.5 Å². The molecule has 1 aliphatic carbocycles. The minimum absolute atomic E-state index is 0.000602. The molecule has 3 aliphatic rings. The van der Waals surface area contributed by atoms with Crippen molar-refractivity contribution in [2.45, 2.75) is 43.1 Å². The Balaban J connectivity index is 2.01. The summed E-state index contributed by atoms with van der Waals surface area (Å²) in [6.45, 7) is 2.22. The molecule has 4 heteroatoms. The molecule has 0 fully saturated rings. The van der Waals surface area contributed by atoms with Gasteiger partial charge in [-0.05, 0) is 48.8 Å². The Labute approximate surface area is 140 Å². The number of hydrogen-bond donors (Lipinski definition) is 1. The molecule has 23 heavy (non-hydrogen) atoms. The normalized spacial score (nSPS) is 34.8. The molecule has 4 rings (SSSR count). The van der Waals surface area contributed by atoms with Crippen LogP contribution in [0.5, 0.6) is 11.5 Å². The summed E-state index contributed by atoms with van der Waals surface area (Å²) in [5.74, 6) is 4.33. The zero-order valence-corrected chi connectivity index (χ0v) is 15.3. The Hall–Kier alpha value is -1.13. The summed E-state index contributed by atoms with van der Waals surface area (Å²) in [6.07, 6.45) is 11.7. The molecule has 2 N–H and O–H groups in total. The van der Waals surface area contributed by atoms with Gasteiger partial charge >= 0.3 is 0 Å². The first kappa shape index (κ1) is 15.4. The van der Waals surface area contributed by atoms with E-state index in [1.54, 1.807) is 7.11 Å². The highest BCUT2D eigenvalue weighted by molar-refractivity contribution is 8.32. The first-order valence-corrected chi connectivity index (χ1v) is 11.2. The summed E-state index contributed by atoms with van der Waals surface area (Å²) in [7, 11) is 1.12. The Morgan fingerprint density at radius 1 is 1.39 bits per heavy atom. The molecule has 3 atom stereocenters. The lowest BCUT2D eigenvalue weighted by atomic mass is 9.68. The maximum Gasteiger partial charge on any atom is 0.166 e.